The number of aromatic nitrogens is 1. The fourth-order valence-corrected chi connectivity index (χ4v) is 3.22. The number of halogens is 1. The topological polar surface area (TPSA) is 37.4 Å². The molecule has 1 aliphatic rings. The molecular formula is C14H18FN3OS. The number of ether oxygens (including phenoxy) is 1. The van der Waals surface area contributed by atoms with E-state index in [0.717, 1.165) is 55.6 Å². The zero-order valence-corrected chi connectivity index (χ0v) is 12.1. The standard InChI is InChI=1S/C14H18FN3OS/c15-11-3-1-4-12-13(11)17-14(20-12)16-5-2-6-18-7-9-19-10-8-18/h1,3-4H,2,5-10H2,(H,16,17). The van der Waals surface area contributed by atoms with Gasteiger partial charge in [-0.1, -0.05) is 17.4 Å². The molecule has 1 N–H and O–H groups in total. The summed E-state index contributed by atoms with van der Waals surface area (Å²) in [6.45, 7) is 5.64. The summed E-state index contributed by atoms with van der Waals surface area (Å²) in [6, 6.07) is 5.07. The van der Waals surface area contributed by atoms with Crippen LogP contribution in [0.4, 0.5) is 9.52 Å². The lowest BCUT2D eigenvalue weighted by Crippen LogP contribution is -2.37. The molecule has 1 fully saturated rings. The Morgan fingerprint density at radius 2 is 2.20 bits per heavy atom. The van der Waals surface area contributed by atoms with Gasteiger partial charge >= 0.3 is 0 Å². The van der Waals surface area contributed by atoms with Gasteiger partial charge in [-0.25, -0.2) is 9.37 Å². The van der Waals surface area contributed by atoms with E-state index in [2.05, 4.69) is 15.2 Å². The molecule has 0 saturated carbocycles. The van der Waals surface area contributed by atoms with Crippen LogP contribution in [0.2, 0.25) is 0 Å². The number of morpholine rings is 1. The quantitative estimate of drug-likeness (QED) is 0.860. The van der Waals surface area contributed by atoms with Crippen molar-refractivity contribution >= 4 is 26.7 Å². The number of fused-ring (bicyclic) bond motifs is 1. The molecule has 4 nitrogen and oxygen atoms in total. The highest BCUT2D eigenvalue weighted by Gasteiger charge is 2.10. The van der Waals surface area contributed by atoms with Crippen molar-refractivity contribution in [2.75, 3.05) is 44.7 Å². The molecule has 0 aliphatic carbocycles. The molecule has 1 aromatic heterocycles. The van der Waals surface area contributed by atoms with Crippen molar-refractivity contribution in [2.45, 2.75) is 6.42 Å². The van der Waals surface area contributed by atoms with Gasteiger partial charge in [-0.3, -0.25) is 4.90 Å². The Morgan fingerprint density at radius 3 is 3.00 bits per heavy atom. The normalized spacial score (nSPS) is 16.6. The summed E-state index contributed by atoms with van der Waals surface area (Å²) in [5, 5.41) is 4.08. The third kappa shape index (κ3) is 3.26. The average Bonchev–Trinajstić information content (AvgIpc) is 2.89. The molecule has 0 bridgehead atoms. The number of hydrogen-bond acceptors (Lipinski definition) is 5. The van der Waals surface area contributed by atoms with Crippen molar-refractivity contribution in [3.63, 3.8) is 0 Å². The van der Waals surface area contributed by atoms with Gasteiger partial charge in [-0.2, -0.15) is 0 Å². The summed E-state index contributed by atoms with van der Waals surface area (Å²) >= 11 is 1.50. The summed E-state index contributed by atoms with van der Waals surface area (Å²) in [5.41, 5.74) is 0.466. The number of thiazole rings is 1. The Hall–Kier alpha value is -1.24. The highest BCUT2D eigenvalue weighted by molar-refractivity contribution is 7.22. The van der Waals surface area contributed by atoms with Crippen molar-refractivity contribution in [2.24, 2.45) is 0 Å². The van der Waals surface area contributed by atoms with E-state index in [-0.39, 0.29) is 5.82 Å². The van der Waals surface area contributed by atoms with E-state index >= 15 is 0 Å². The first-order valence-electron chi connectivity index (χ1n) is 6.92. The first-order chi connectivity index (χ1) is 9.83. The smallest absolute Gasteiger partial charge is 0.183 e. The van der Waals surface area contributed by atoms with Crippen molar-refractivity contribution in [1.82, 2.24) is 9.88 Å². The van der Waals surface area contributed by atoms with Gasteiger partial charge in [0.1, 0.15) is 11.3 Å². The third-order valence-corrected chi connectivity index (χ3v) is 4.38. The van der Waals surface area contributed by atoms with Gasteiger partial charge in [0.2, 0.25) is 0 Å². The van der Waals surface area contributed by atoms with Crippen LogP contribution in [0, 0.1) is 5.82 Å². The highest BCUT2D eigenvalue weighted by Crippen LogP contribution is 2.27. The zero-order chi connectivity index (χ0) is 13.8. The molecule has 2 heterocycles. The molecule has 108 valence electrons. The summed E-state index contributed by atoms with van der Waals surface area (Å²) < 4.78 is 19.7. The van der Waals surface area contributed by atoms with E-state index in [9.17, 15) is 4.39 Å². The Kier molecular flexibility index (Phi) is 4.44. The third-order valence-electron chi connectivity index (χ3n) is 3.40. The molecule has 6 heteroatoms. The van der Waals surface area contributed by atoms with E-state index in [4.69, 9.17) is 4.74 Å². The lowest BCUT2D eigenvalue weighted by Gasteiger charge is -2.26. The summed E-state index contributed by atoms with van der Waals surface area (Å²) in [5.74, 6) is -0.250. The molecule has 0 unspecified atom stereocenters. The minimum absolute atomic E-state index is 0.250. The molecule has 0 amide bonds. The van der Waals surface area contributed by atoms with Gasteiger partial charge < -0.3 is 10.1 Å². The zero-order valence-electron chi connectivity index (χ0n) is 11.3. The number of rotatable bonds is 5. The Bertz CT molecular complexity index is 569. The molecule has 0 radical (unpaired) electrons. The lowest BCUT2D eigenvalue weighted by molar-refractivity contribution is 0.0378. The van der Waals surface area contributed by atoms with Gasteiger partial charge in [-0.05, 0) is 25.1 Å². The van der Waals surface area contributed by atoms with E-state index in [0.29, 0.717) is 5.52 Å². The van der Waals surface area contributed by atoms with Gasteiger partial charge in [-0.15, -0.1) is 0 Å². The van der Waals surface area contributed by atoms with Crippen LogP contribution in [0.15, 0.2) is 18.2 Å². The SMILES string of the molecule is Fc1cccc2sc(NCCCN3CCOCC3)nc12. The maximum Gasteiger partial charge on any atom is 0.183 e. The van der Waals surface area contributed by atoms with E-state index in [1.807, 2.05) is 6.07 Å². The van der Waals surface area contributed by atoms with Crippen LogP contribution in [0.3, 0.4) is 0 Å². The molecule has 1 aromatic carbocycles. The van der Waals surface area contributed by atoms with E-state index in [1.54, 1.807) is 6.07 Å². The lowest BCUT2D eigenvalue weighted by atomic mass is 10.3. The van der Waals surface area contributed by atoms with Crippen LogP contribution in [0.5, 0.6) is 0 Å². The number of hydrogen-bond donors (Lipinski definition) is 1. The molecule has 20 heavy (non-hydrogen) atoms. The molecule has 2 aromatic rings. The van der Waals surface area contributed by atoms with Gasteiger partial charge in [0.15, 0.2) is 5.13 Å². The van der Waals surface area contributed by atoms with Crippen LogP contribution in [-0.4, -0.2) is 49.3 Å². The van der Waals surface area contributed by atoms with Crippen molar-refractivity contribution in [3.8, 4) is 0 Å². The monoisotopic (exact) mass is 295 g/mol. The van der Waals surface area contributed by atoms with E-state index in [1.165, 1.54) is 17.4 Å². The summed E-state index contributed by atoms with van der Waals surface area (Å²) in [7, 11) is 0. The summed E-state index contributed by atoms with van der Waals surface area (Å²) in [4.78, 5) is 6.70. The number of nitrogens with one attached hydrogen (secondary N) is 1. The van der Waals surface area contributed by atoms with Crippen molar-refractivity contribution < 1.29 is 9.13 Å². The number of nitrogens with zero attached hydrogens (tertiary/aromatic N) is 2. The average molecular weight is 295 g/mol. The molecular weight excluding hydrogens is 277 g/mol. The maximum absolute atomic E-state index is 13.5. The number of para-hydroxylation sites is 1. The van der Waals surface area contributed by atoms with Gasteiger partial charge in [0.05, 0.1) is 17.9 Å². The molecule has 1 saturated heterocycles. The molecule has 0 spiro atoms. The van der Waals surface area contributed by atoms with Gasteiger partial charge in [0, 0.05) is 19.6 Å². The Labute approximate surface area is 121 Å². The van der Waals surface area contributed by atoms with Crippen LogP contribution in [0.1, 0.15) is 6.42 Å². The van der Waals surface area contributed by atoms with Crippen molar-refractivity contribution in [3.05, 3.63) is 24.0 Å². The minimum Gasteiger partial charge on any atom is -0.379 e. The largest absolute Gasteiger partial charge is 0.379 e. The van der Waals surface area contributed by atoms with Crippen molar-refractivity contribution in [1.29, 1.82) is 0 Å². The maximum atomic E-state index is 13.5. The first-order valence-corrected chi connectivity index (χ1v) is 7.73. The van der Waals surface area contributed by atoms with Crippen LogP contribution < -0.4 is 5.32 Å². The second-order valence-corrected chi connectivity index (χ2v) is 5.87. The molecule has 3 rings (SSSR count). The van der Waals surface area contributed by atoms with E-state index < -0.39 is 0 Å². The van der Waals surface area contributed by atoms with Crippen LogP contribution >= 0.6 is 11.3 Å². The van der Waals surface area contributed by atoms with Gasteiger partial charge in [0.25, 0.3) is 0 Å². The second kappa shape index (κ2) is 6.47. The van der Waals surface area contributed by atoms with Crippen LogP contribution in [0.25, 0.3) is 10.2 Å². The second-order valence-electron chi connectivity index (χ2n) is 4.84. The fraction of sp³-hybridized carbons (Fsp3) is 0.500. The minimum atomic E-state index is -0.250. The van der Waals surface area contributed by atoms with Crippen LogP contribution in [-0.2, 0) is 4.74 Å². The number of benzene rings is 1. The Morgan fingerprint density at radius 1 is 1.35 bits per heavy atom. The number of anilines is 1. The fourth-order valence-electron chi connectivity index (χ4n) is 2.31. The highest BCUT2D eigenvalue weighted by atomic mass is 32.1. The first kappa shape index (κ1) is 13.7. The predicted octanol–water partition coefficient (Wildman–Crippen LogP) is 2.57. The predicted molar refractivity (Wildman–Crippen MR) is 79.9 cm³/mol. The molecule has 1 aliphatic heterocycles. The Balaban J connectivity index is 1.48. The molecule has 0 atom stereocenters. The summed E-state index contributed by atoms with van der Waals surface area (Å²) in [6.07, 6.45) is 1.05.